The van der Waals surface area contributed by atoms with Crippen LogP contribution in [0.2, 0.25) is 5.15 Å². The van der Waals surface area contributed by atoms with Crippen molar-refractivity contribution in [3.8, 4) is 0 Å². The van der Waals surface area contributed by atoms with Crippen molar-refractivity contribution in [1.82, 2.24) is 9.88 Å². The Kier molecular flexibility index (Phi) is 4.79. The molecule has 0 bridgehead atoms. The number of halogens is 1. The quantitative estimate of drug-likeness (QED) is 0.695. The molecule has 3 aromatic rings. The molecule has 0 saturated heterocycles. The van der Waals surface area contributed by atoms with E-state index in [0.29, 0.717) is 5.15 Å². The smallest absolute Gasteiger partial charge is 0.139 e. The summed E-state index contributed by atoms with van der Waals surface area (Å²) in [5.41, 5.74) is 1.27. The summed E-state index contributed by atoms with van der Waals surface area (Å²) in [5, 5.41) is 6.03. The van der Waals surface area contributed by atoms with Gasteiger partial charge in [-0.3, -0.25) is 0 Å². The van der Waals surface area contributed by atoms with Gasteiger partial charge in [0.1, 0.15) is 11.0 Å². The zero-order chi connectivity index (χ0) is 16.2. The number of nitrogens with one attached hydrogen (secondary N) is 1. The van der Waals surface area contributed by atoms with Crippen LogP contribution in [-0.2, 0) is 0 Å². The summed E-state index contributed by atoms with van der Waals surface area (Å²) in [5.74, 6) is 0.802. The van der Waals surface area contributed by atoms with Crippen LogP contribution < -0.4 is 5.32 Å². The molecule has 0 saturated carbocycles. The molecular weight excluding hydrogens is 306 g/mol. The Morgan fingerprint density at radius 1 is 1.04 bits per heavy atom. The topological polar surface area (TPSA) is 28.2 Å². The molecule has 4 heteroatoms. The molecule has 3 nitrogen and oxygen atoms in total. The Balaban J connectivity index is 1.81. The molecule has 0 radical (unpaired) electrons. The fraction of sp³-hybridized carbons (Fsp3) is 0.211. The molecule has 1 N–H and O–H groups in total. The normalized spacial score (nSPS) is 12.5. The van der Waals surface area contributed by atoms with E-state index >= 15 is 0 Å². The number of anilines is 1. The summed E-state index contributed by atoms with van der Waals surface area (Å²) in [6, 6.07) is 20.8. The van der Waals surface area contributed by atoms with E-state index in [-0.39, 0.29) is 6.04 Å². The van der Waals surface area contributed by atoms with Crippen LogP contribution in [0, 0.1) is 0 Å². The van der Waals surface area contributed by atoms with Gasteiger partial charge in [0.25, 0.3) is 0 Å². The first-order valence-corrected chi connectivity index (χ1v) is 8.03. The molecular formula is C19H20ClN3. The van der Waals surface area contributed by atoms with E-state index < -0.39 is 0 Å². The van der Waals surface area contributed by atoms with Crippen LogP contribution in [0.25, 0.3) is 10.8 Å². The maximum Gasteiger partial charge on any atom is 0.139 e. The third-order valence-corrected chi connectivity index (χ3v) is 4.27. The van der Waals surface area contributed by atoms with Crippen LogP contribution in [0.3, 0.4) is 0 Å². The summed E-state index contributed by atoms with van der Waals surface area (Å²) in [7, 11) is 4.17. The largest absolute Gasteiger partial charge is 0.368 e. The highest BCUT2D eigenvalue weighted by molar-refractivity contribution is 6.34. The van der Waals surface area contributed by atoms with Crippen molar-refractivity contribution < 1.29 is 0 Å². The first-order chi connectivity index (χ1) is 11.1. The summed E-state index contributed by atoms with van der Waals surface area (Å²) in [4.78, 5) is 6.66. The molecule has 118 valence electrons. The zero-order valence-corrected chi connectivity index (χ0v) is 14.1. The van der Waals surface area contributed by atoms with Crippen LogP contribution in [0.1, 0.15) is 11.6 Å². The number of benzene rings is 2. The molecule has 2 aromatic carbocycles. The van der Waals surface area contributed by atoms with Crippen molar-refractivity contribution in [2.45, 2.75) is 6.04 Å². The minimum atomic E-state index is 0.267. The molecule has 1 heterocycles. The van der Waals surface area contributed by atoms with Gasteiger partial charge < -0.3 is 10.2 Å². The Hall–Kier alpha value is -2.10. The van der Waals surface area contributed by atoms with Crippen LogP contribution in [0.5, 0.6) is 0 Å². The summed E-state index contributed by atoms with van der Waals surface area (Å²) < 4.78 is 0. The van der Waals surface area contributed by atoms with Gasteiger partial charge in [-0.1, -0.05) is 66.2 Å². The van der Waals surface area contributed by atoms with E-state index in [4.69, 9.17) is 11.6 Å². The summed E-state index contributed by atoms with van der Waals surface area (Å²) >= 11 is 6.30. The van der Waals surface area contributed by atoms with Crippen LogP contribution in [0.15, 0.2) is 60.7 Å². The average Bonchev–Trinajstić information content (AvgIpc) is 2.56. The van der Waals surface area contributed by atoms with Crippen LogP contribution >= 0.6 is 11.6 Å². The molecule has 0 aliphatic rings. The third-order valence-electron chi connectivity index (χ3n) is 3.98. The summed E-state index contributed by atoms with van der Waals surface area (Å²) in [6.07, 6.45) is 0. The first kappa shape index (κ1) is 15.8. The van der Waals surface area contributed by atoms with Gasteiger partial charge in [0, 0.05) is 11.9 Å². The van der Waals surface area contributed by atoms with Gasteiger partial charge in [0.2, 0.25) is 0 Å². The molecule has 0 amide bonds. The molecule has 1 unspecified atom stereocenters. The minimum Gasteiger partial charge on any atom is -0.368 e. The van der Waals surface area contributed by atoms with Crippen molar-refractivity contribution in [1.29, 1.82) is 0 Å². The maximum atomic E-state index is 6.30. The van der Waals surface area contributed by atoms with Gasteiger partial charge in [0.15, 0.2) is 0 Å². The Morgan fingerprint density at radius 2 is 1.74 bits per heavy atom. The lowest BCUT2D eigenvalue weighted by Crippen LogP contribution is -2.27. The molecule has 0 fully saturated rings. The predicted molar refractivity (Wildman–Crippen MR) is 98.1 cm³/mol. The van der Waals surface area contributed by atoms with Crippen LogP contribution in [-0.4, -0.2) is 30.5 Å². The van der Waals surface area contributed by atoms with Gasteiger partial charge in [-0.05, 0) is 31.1 Å². The monoisotopic (exact) mass is 325 g/mol. The molecule has 0 aliphatic carbocycles. The Bertz CT molecular complexity index is 787. The molecule has 1 atom stereocenters. The Morgan fingerprint density at radius 3 is 2.48 bits per heavy atom. The highest BCUT2D eigenvalue weighted by Gasteiger charge is 2.14. The average molecular weight is 326 g/mol. The molecule has 1 aromatic heterocycles. The van der Waals surface area contributed by atoms with Crippen LogP contribution in [0.4, 0.5) is 5.82 Å². The second-order valence-electron chi connectivity index (χ2n) is 5.79. The number of aromatic nitrogens is 1. The first-order valence-electron chi connectivity index (χ1n) is 7.65. The fourth-order valence-corrected chi connectivity index (χ4v) is 2.99. The second-order valence-corrected chi connectivity index (χ2v) is 6.15. The minimum absolute atomic E-state index is 0.267. The number of nitrogens with zero attached hydrogens (tertiary/aromatic N) is 2. The van der Waals surface area contributed by atoms with Gasteiger partial charge >= 0.3 is 0 Å². The maximum absolute atomic E-state index is 6.30. The fourth-order valence-electron chi connectivity index (χ4n) is 2.72. The van der Waals surface area contributed by atoms with Crippen molar-refractivity contribution in [3.63, 3.8) is 0 Å². The SMILES string of the molecule is CN(C)C(CNc1cc2ccccc2c(Cl)n1)c1ccccc1. The third kappa shape index (κ3) is 3.63. The molecule has 3 rings (SSSR count). The van der Waals surface area contributed by atoms with Gasteiger partial charge in [-0.15, -0.1) is 0 Å². The lowest BCUT2D eigenvalue weighted by atomic mass is 10.1. The molecule has 0 aliphatic heterocycles. The second kappa shape index (κ2) is 6.99. The summed E-state index contributed by atoms with van der Waals surface area (Å²) in [6.45, 7) is 0.763. The van der Waals surface area contributed by atoms with Crippen molar-refractivity contribution >= 4 is 28.2 Å². The molecule has 0 spiro atoms. The predicted octanol–water partition coefficient (Wildman–Crippen LogP) is 4.60. The lowest BCUT2D eigenvalue weighted by molar-refractivity contribution is 0.311. The van der Waals surface area contributed by atoms with E-state index in [0.717, 1.165) is 23.1 Å². The highest BCUT2D eigenvalue weighted by Crippen LogP contribution is 2.25. The van der Waals surface area contributed by atoms with E-state index in [9.17, 15) is 0 Å². The highest BCUT2D eigenvalue weighted by atomic mass is 35.5. The van der Waals surface area contributed by atoms with E-state index in [1.165, 1.54) is 5.56 Å². The van der Waals surface area contributed by atoms with Gasteiger partial charge in [0.05, 0.1) is 6.04 Å². The number of rotatable bonds is 5. The Labute approximate surface area is 141 Å². The van der Waals surface area contributed by atoms with E-state index in [2.05, 4.69) is 59.6 Å². The van der Waals surface area contributed by atoms with Crippen molar-refractivity contribution in [2.75, 3.05) is 26.0 Å². The van der Waals surface area contributed by atoms with E-state index in [1.807, 2.05) is 30.3 Å². The molecule has 23 heavy (non-hydrogen) atoms. The standard InChI is InChI=1S/C19H20ClN3/c1-23(2)17(14-8-4-3-5-9-14)13-21-18-12-15-10-6-7-11-16(15)19(20)22-18/h3-12,17H,13H2,1-2H3,(H,21,22). The lowest BCUT2D eigenvalue weighted by Gasteiger charge is -2.25. The number of pyridine rings is 1. The van der Waals surface area contributed by atoms with Gasteiger partial charge in [-0.25, -0.2) is 4.98 Å². The number of hydrogen-bond donors (Lipinski definition) is 1. The number of likely N-dealkylation sites (N-methyl/N-ethyl adjacent to an activating group) is 1. The van der Waals surface area contributed by atoms with Crippen molar-refractivity contribution in [3.05, 3.63) is 71.4 Å². The zero-order valence-electron chi connectivity index (χ0n) is 13.3. The van der Waals surface area contributed by atoms with Crippen molar-refractivity contribution in [2.24, 2.45) is 0 Å². The van der Waals surface area contributed by atoms with Gasteiger partial charge in [-0.2, -0.15) is 0 Å². The number of fused-ring (bicyclic) bond motifs is 1. The van der Waals surface area contributed by atoms with E-state index in [1.54, 1.807) is 0 Å². The number of hydrogen-bond acceptors (Lipinski definition) is 3.